The van der Waals surface area contributed by atoms with Crippen LogP contribution < -0.4 is 10.1 Å². The van der Waals surface area contributed by atoms with Crippen LogP contribution in [0.2, 0.25) is 5.02 Å². The first kappa shape index (κ1) is 23.7. The first-order valence-electron chi connectivity index (χ1n) is 10.2. The van der Waals surface area contributed by atoms with Crippen LogP contribution in [0.25, 0.3) is 0 Å². The molecule has 0 aliphatic carbocycles. The van der Waals surface area contributed by atoms with E-state index < -0.39 is 0 Å². The fourth-order valence-electron chi connectivity index (χ4n) is 2.93. The van der Waals surface area contributed by atoms with E-state index in [1.54, 1.807) is 48.5 Å². The van der Waals surface area contributed by atoms with Crippen LogP contribution in [0, 0.1) is 5.82 Å². The monoisotopic (exact) mass is 457 g/mol. The van der Waals surface area contributed by atoms with Gasteiger partial charge in [-0.25, -0.2) is 9.18 Å². The third-order valence-electron chi connectivity index (χ3n) is 4.73. The molecule has 0 saturated heterocycles. The second kappa shape index (κ2) is 11.6. The quantitative estimate of drug-likeness (QED) is 0.393. The van der Waals surface area contributed by atoms with Crippen molar-refractivity contribution >= 4 is 17.6 Å². The number of rotatable bonds is 10. The summed E-state index contributed by atoms with van der Waals surface area (Å²) in [7, 11) is 1.36. The van der Waals surface area contributed by atoms with Crippen molar-refractivity contribution in [1.29, 1.82) is 0 Å². The maximum absolute atomic E-state index is 14.4. The first-order valence-corrected chi connectivity index (χ1v) is 10.5. The molecule has 0 spiro atoms. The number of nitrogens with one attached hydrogen (secondary N) is 1. The Kier molecular flexibility index (Phi) is 8.62. The van der Waals surface area contributed by atoms with Gasteiger partial charge in [0.25, 0.3) is 0 Å². The molecule has 3 rings (SSSR count). The molecule has 0 fully saturated rings. The Morgan fingerprint density at radius 1 is 1.03 bits per heavy atom. The van der Waals surface area contributed by atoms with Crippen molar-refractivity contribution < 1.29 is 23.4 Å². The molecule has 32 heavy (non-hydrogen) atoms. The smallest absolute Gasteiger partial charge is 0.337 e. The molecule has 0 heterocycles. The Labute approximate surface area is 192 Å². The normalized spacial score (nSPS) is 11.8. The maximum Gasteiger partial charge on any atom is 0.337 e. The van der Waals surface area contributed by atoms with Gasteiger partial charge in [0, 0.05) is 29.7 Å². The van der Waals surface area contributed by atoms with Crippen LogP contribution in [0.15, 0.2) is 66.7 Å². The second-order valence-corrected chi connectivity index (χ2v) is 7.69. The van der Waals surface area contributed by atoms with Crippen molar-refractivity contribution in [3.8, 4) is 11.5 Å². The molecule has 1 N–H and O–H groups in total. The van der Waals surface area contributed by atoms with Crippen LogP contribution in [0.5, 0.6) is 11.5 Å². The summed E-state index contributed by atoms with van der Waals surface area (Å²) in [5.41, 5.74) is 2.01. The van der Waals surface area contributed by atoms with Crippen LogP contribution in [0.1, 0.15) is 28.4 Å². The topological polar surface area (TPSA) is 56.8 Å². The highest BCUT2D eigenvalue weighted by Crippen LogP contribution is 2.25. The van der Waals surface area contributed by atoms with Crippen LogP contribution in [0.3, 0.4) is 0 Å². The molecule has 0 aromatic heterocycles. The SMILES string of the molecule is COC(=O)c1ccc(CNC[C@@H](C)OCc2ccc(Oc3ccc(Cl)cc3)cc2F)cc1. The molecule has 1 atom stereocenters. The third kappa shape index (κ3) is 7.05. The number of esters is 1. The molecule has 0 aliphatic rings. The van der Waals surface area contributed by atoms with Gasteiger partial charge in [0.15, 0.2) is 0 Å². The molecular formula is C25H25ClFNO4. The number of benzene rings is 3. The minimum atomic E-state index is -0.387. The summed E-state index contributed by atoms with van der Waals surface area (Å²) in [6, 6.07) is 18.8. The maximum atomic E-state index is 14.4. The van der Waals surface area contributed by atoms with Crippen molar-refractivity contribution in [3.63, 3.8) is 0 Å². The molecule has 3 aromatic carbocycles. The van der Waals surface area contributed by atoms with Crippen molar-refractivity contribution in [2.75, 3.05) is 13.7 Å². The summed E-state index contributed by atoms with van der Waals surface area (Å²) in [4.78, 5) is 11.5. The molecule has 0 saturated carbocycles. The highest BCUT2D eigenvalue weighted by Gasteiger charge is 2.09. The van der Waals surface area contributed by atoms with E-state index >= 15 is 0 Å². The Bertz CT molecular complexity index is 1030. The zero-order chi connectivity index (χ0) is 22.9. The lowest BCUT2D eigenvalue weighted by atomic mass is 10.1. The zero-order valence-corrected chi connectivity index (χ0v) is 18.7. The number of hydrogen-bond donors (Lipinski definition) is 1. The van der Waals surface area contributed by atoms with Crippen molar-refractivity contribution in [2.24, 2.45) is 0 Å². The Morgan fingerprint density at radius 2 is 1.72 bits per heavy atom. The minimum Gasteiger partial charge on any atom is -0.465 e. The third-order valence-corrected chi connectivity index (χ3v) is 4.99. The summed E-state index contributed by atoms with van der Waals surface area (Å²) in [6.07, 6.45) is -0.117. The molecule has 5 nitrogen and oxygen atoms in total. The van der Waals surface area contributed by atoms with E-state index in [0.717, 1.165) is 5.56 Å². The number of ether oxygens (including phenoxy) is 3. The highest BCUT2D eigenvalue weighted by molar-refractivity contribution is 6.30. The van der Waals surface area contributed by atoms with Crippen LogP contribution in [-0.4, -0.2) is 25.7 Å². The van der Waals surface area contributed by atoms with E-state index in [-0.39, 0.29) is 24.5 Å². The van der Waals surface area contributed by atoms with Crippen molar-refractivity contribution in [3.05, 3.63) is 94.3 Å². The van der Waals surface area contributed by atoms with E-state index in [4.69, 9.17) is 21.1 Å². The molecule has 3 aromatic rings. The average molecular weight is 458 g/mol. The molecule has 0 unspecified atom stereocenters. The lowest BCUT2D eigenvalue weighted by Crippen LogP contribution is -2.26. The Morgan fingerprint density at radius 3 is 2.38 bits per heavy atom. The first-order chi connectivity index (χ1) is 15.4. The van der Waals surface area contributed by atoms with E-state index in [9.17, 15) is 9.18 Å². The van der Waals surface area contributed by atoms with E-state index in [1.807, 2.05) is 19.1 Å². The zero-order valence-electron chi connectivity index (χ0n) is 17.9. The van der Waals surface area contributed by atoms with Crippen LogP contribution >= 0.6 is 11.6 Å². The number of halogens is 2. The number of methoxy groups -OCH3 is 1. The van der Waals surface area contributed by atoms with Crippen LogP contribution in [-0.2, 0) is 22.6 Å². The van der Waals surface area contributed by atoms with Gasteiger partial charge in [-0.15, -0.1) is 0 Å². The van der Waals surface area contributed by atoms with E-state index in [2.05, 4.69) is 10.1 Å². The summed E-state index contributed by atoms with van der Waals surface area (Å²) in [5, 5.41) is 3.90. The van der Waals surface area contributed by atoms with Crippen molar-refractivity contribution in [2.45, 2.75) is 26.2 Å². The molecule has 0 bridgehead atoms. The summed E-state index contributed by atoms with van der Waals surface area (Å²) < 4.78 is 30.5. The van der Waals surface area contributed by atoms with Gasteiger partial charge in [-0.1, -0.05) is 29.8 Å². The number of carbonyl (C=O) groups excluding carboxylic acids is 1. The fourth-order valence-corrected chi connectivity index (χ4v) is 3.06. The van der Waals surface area contributed by atoms with Gasteiger partial charge in [0.2, 0.25) is 0 Å². The van der Waals surface area contributed by atoms with Gasteiger partial charge in [0.1, 0.15) is 17.3 Å². The predicted molar refractivity (Wildman–Crippen MR) is 122 cm³/mol. The van der Waals surface area contributed by atoms with Gasteiger partial charge < -0.3 is 19.5 Å². The van der Waals surface area contributed by atoms with E-state index in [1.165, 1.54) is 13.2 Å². The molecule has 0 aliphatic heterocycles. The minimum absolute atomic E-state index is 0.117. The molecule has 7 heteroatoms. The lowest BCUT2D eigenvalue weighted by molar-refractivity contribution is 0.0514. The molecular weight excluding hydrogens is 433 g/mol. The number of carbonyl (C=O) groups is 1. The van der Waals surface area contributed by atoms with Gasteiger partial charge in [-0.3, -0.25) is 0 Å². The lowest BCUT2D eigenvalue weighted by Gasteiger charge is -2.15. The number of hydrogen-bond acceptors (Lipinski definition) is 5. The second-order valence-electron chi connectivity index (χ2n) is 7.25. The Hall–Kier alpha value is -2.93. The molecule has 0 radical (unpaired) electrons. The highest BCUT2D eigenvalue weighted by atomic mass is 35.5. The Balaban J connectivity index is 1.42. The van der Waals surface area contributed by atoms with Gasteiger partial charge in [-0.2, -0.15) is 0 Å². The summed E-state index contributed by atoms with van der Waals surface area (Å²) in [5.74, 6) is 0.240. The molecule has 0 amide bonds. The largest absolute Gasteiger partial charge is 0.465 e. The average Bonchev–Trinajstić information content (AvgIpc) is 2.80. The summed E-state index contributed by atoms with van der Waals surface area (Å²) in [6.45, 7) is 3.30. The van der Waals surface area contributed by atoms with Crippen molar-refractivity contribution in [1.82, 2.24) is 5.32 Å². The van der Waals surface area contributed by atoms with Gasteiger partial charge in [-0.05, 0) is 55.0 Å². The van der Waals surface area contributed by atoms with Gasteiger partial charge in [0.05, 0.1) is 25.4 Å². The predicted octanol–water partition coefficient (Wildman–Crippen LogP) is 5.75. The fraction of sp³-hybridized carbons (Fsp3) is 0.240. The van der Waals surface area contributed by atoms with Crippen LogP contribution in [0.4, 0.5) is 4.39 Å². The summed E-state index contributed by atoms with van der Waals surface area (Å²) >= 11 is 5.86. The van der Waals surface area contributed by atoms with E-state index in [0.29, 0.717) is 40.7 Å². The van der Waals surface area contributed by atoms with Gasteiger partial charge >= 0.3 is 5.97 Å². The standard InChI is InChI=1S/C25H25ClFNO4/c1-17(14-28-15-18-3-5-19(6-4-18)25(29)30-2)31-16-20-7-10-23(13-24(20)27)32-22-11-8-21(26)9-12-22/h3-13,17,28H,14-16H2,1-2H3/t17-/m1/s1. The molecule has 168 valence electrons.